The molecule has 1 N–H and O–H groups in total. The summed E-state index contributed by atoms with van der Waals surface area (Å²) in [4.78, 5) is 17.2. The first-order valence-electron chi connectivity index (χ1n) is 8.83. The molecule has 0 aliphatic carbocycles. The highest BCUT2D eigenvalue weighted by molar-refractivity contribution is 6.30. The van der Waals surface area contributed by atoms with E-state index >= 15 is 0 Å². The number of amides is 1. The minimum atomic E-state index is -0.910. The second-order valence-electron chi connectivity index (χ2n) is 6.61. The minimum absolute atomic E-state index is 0.173. The molecule has 0 aliphatic rings. The summed E-state index contributed by atoms with van der Waals surface area (Å²) in [6, 6.07) is 15.1. The normalized spacial score (nSPS) is 11.7. The number of rotatable bonds is 5. The molecule has 0 radical (unpaired) electrons. The van der Waals surface area contributed by atoms with E-state index in [2.05, 4.69) is 16.4 Å². The number of benzene rings is 2. The lowest BCUT2D eigenvalue weighted by Gasteiger charge is -2.14. The smallest absolute Gasteiger partial charge is 0.242 e. The Morgan fingerprint density at radius 2 is 1.96 bits per heavy atom. The van der Waals surface area contributed by atoms with Crippen molar-refractivity contribution >= 4 is 34.1 Å². The molecule has 3 aromatic rings. The van der Waals surface area contributed by atoms with Crippen LogP contribution < -0.4 is 10.1 Å². The van der Waals surface area contributed by atoms with Crippen LogP contribution in [0.1, 0.15) is 16.7 Å². The van der Waals surface area contributed by atoms with E-state index in [1.807, 2.05) is 32.0 Å². The Morgan fingerprint density at radius 3 is 2.68 bits per heavy atom. The summed E-state index contributed by atoms with van der Waals surface area (Å²) < 4.78 is 5.24. The Morgan fingerprint density at radius 1 is 1.25 bits per heavy atom. The number of ether oxygens (including phenoxy) is 1. The fraction of sp³-hybridized carbons (Fsp3) is 0.227. The Kier molecular flexibility index (Phi) is 5.81. The molecule has 0 saturated carbocycles. The summed E-state index contributed by atoms with van der Waals surface area (Å²) in [5.74, 6) is -0.792. The molecule has 0 spiro atoms. The van der Waals surface area contributed by atoms with Crippen LogP contribution in [-0.4, -0.2) is 18.0 Å². The molecule has 1 heterocycles. The lowest BCUT2D eigenvalue weighted by atomic mass is 9.97. The summed E-state index contributed by atoms with van der Waals surface area (Å²) >= 11 is 6.37. The number of halogens is 1. The number of nitriles is 1. The van der Waals surface area contributed by atoms with Crippen LogP contribution in [-0.2, 0) is 11.2 Å². The third kappa shape index (κ3) is 3.92. The predicted octanol–water partition coefficient (Wildman–Crippen LogP) is 4.83. The number of methoxy groups -OCH3 is 1. The molecule has 0 aliphatic heterocycles. The van der Waals surface area contributed by atoms with Gasteiger partial charge in [-0.05, 0) is 48.7 Å². The molecule has 28 heavy (non-hydrogen) atoms. The van der Waals surface area contributed by atoms with Gasteiger partial charge in [-0.15, -0.1) is 0 Å². The summed E-state index contributed by atoms with van der Waals surface area (Å²) in [5, 5.41) is 13.6. The highest BCUT2D eigenvalue weighted by Crippen LogP contribution is 2.28. The van der Waals surface area contributed by atoms with E-state index in [4.69, 9.17) is 16.3 Å². The van der Waals surface area contributed by atoms with Gasteiger partial charge in [-0.25, -0.2) is 4.98 Å². The third-order valence-electron chi connectivity index (χ3n) is 4.69. The maximum atomic E-state index is 12.7. The van der Waals surface area contributed by atoms with E-state index < -0.39 is 11.8 Å². The van der Waals surface area contributed by atoms with E-state index in [0.29, 0.717) is 22.2 Å². The van der Waals surface area contributed by atoms with Crippen molar-refractivity contribution in [2.45, 2.75) is 20.3 Å². The molecular formula is C22H20ClN3O2. The number of pyridine rings is 1. The van der Waals surface area contributed by atoms with Gasteiger partial charge in [0.25, 0.3) is 0 Å². The van der Waals surface area contributed by atoms with Gasteiger partial charge in [-0.2, -0.15) is 5.26 Å². The molecule has 2 aromatic carbocycles. The molecule has 0 saturated heterocycles. The van der Waals surface area contributed by atoms with Crippen LogP contribution in [0.5, 0.6) is 5.75 Å². The monoisotopic (exact) mass is 393 g/mol. The zero-order valence-electron chi connectivity index (χ0n) is 15.9. The SMILES string of the molecule is COc1ccccc1NC(=O)C(C#N)Cc1cc2c(C)ccc(C)c2nc1Cl. The number of hydrogen-bond acceptors (Lipinski definition) is 4. The average molecular weight is 394 g/mol. The second-order valence-corrected chi connectivity index (χ2v) is 6.97. The third-order valence-corrected chi connectivity index (χ3v) is 5.02. The van der Waals surface area contributed by atoms with Gasteiger partial charge in [-0.3, -0.25) is 4.79 Å². The molecule has 3 rings (SSSR count). The van der Waals surface area contributed by atoms with Crippen molar-refractivity contribution in [3.63, 3.8) is 0 Å². The highest BCUT2D eigenvalue weighted by Gasteiger charge is 2.22. The van der Waals surface area contributed by atoms with Crippen molar-refractivity contribution in [3.8, 4) is 11.8 Å². The van der Waals surface area contributed by atoms with Gasteiger partial charge in [0.1, 0.15) is 16.8 Å². The van der Waals surface area contributed by atoms with Gasteiger partial charge < -0.3 is 10.1 Å². The van der Waals surface area contributed by atoms with Gasteiger partial charge in [0, 0.05) is 11.8 Å². The lowest BCUT2D eigenvalue weighted by Crippen LogP contribution is -2.24. The van der Waals surface area contributed by atoms with Gasteiger partial charge in [0.15, 0.2) is 0 Å². The molecule has 6 heteroatoms. The number of carbonyl (C=O) groups excluding carboxylic acids is 1. The van der Waals surface area contributed by atoms with Crippen molar-refractivity contribution in [2.75, 3.05) is 12.4 Å². The van der Waals surface area contributed by atoms with E-state index in [1.54, 1.807) is 24.3 Å². The first-order valence-corrected chi connectivity index (χ1v) is 9.21. The maximum absolute atomic E-state index is 12.7. The van der Waals surface area contributed by atoms with Gasteiger partial charge >= 0.3 is 0 Å². The first kappa shape index (κ1) is 19.7. The largest absolute Gasteiger partial charge is 0.495 e. The van der Waals surface area contributed by atoms with Crippen molar-refractivity contribution in [3.05, 3.63) is 64.3 Å². The molecule has 1 amide bonds. The van der Waals surface area contributed by atoms with Gasteiger partial charge in [-0.1, -0.05) is 35.9 Å². The quantitative estimate of drug-likeness (QED) is 0.629. The summed E-state index contributed by atoms with van der Waals surface area (Å²) in [6.45, 7) is 3.97. The van der Waals surface area contributed by atoms with Crippen molar-refractivity contribution in [2.24, 2.45) is 5.92 Å². The number of aromatic nitrogens is 1. The van der Waals surface area contributed by atoms with Crippen LogP contribution in [0.25, 0.3) is 10.9 Å². The zero-order valence-corrected chi connectivity index (χ0v) is 16.7. The molecule has 0 bridgehead atoms. The molecule has 142 valence electrons. The molecular weight excluding hydrogens is 374 g/mol. The zero-order chi connectivity index (χ0) is 20.3. The molecule has 5 nitrogen and oxygen atoms in total. The molecule has 1 unspecified atom stereocenters. The van der Waals surface area contributed by atoms with Crippen LogP contribution in [0.4, 0.5) is 5.69 Å². The molecule has 1 atom stereocenters. The highest BCUT2D eigenvalue weighted by atomic mass is 35.5. The minimum Gasteiger partial charge on any atom is -0.495 e. The van der Waals surface area contributed by atoms with E-state index in [1.165, 1.54) is 7.11 Å². The number of nitrogens with zero attached hydrogens (tertiary/aromatic N) is 2. The fourth-order valence-corrected chi connectivity index (χ4v) is 3.30. The van der Waals surface area contributed by atoms with Crippen molar-refractivity contribution in [1.82, 2.24) is 4.98 Å². The topological polar surface area (TPSA) is 75.0 Å². The van der Waals surface area contributed by atoms with Gasteiger partial charge in [0.2, 0.25) is 5.91 Å². The Hall–Kier alpha value is -3.10. The van der Waals surface area contributed by atoms with Crippen molar-refractivity contribution in [1.29, 1.82) is 5.26 Å². The fourth-order valence-electron chi connectivity index (χ4n) is 3.08. The standard InChI is InChI=1S/C22H20ClN3O2/c1-13-8-9-14(2)20-17(13)11-15(21(23)26-20)10-16(12-24)22(27)25-18-6-4-5-7-19(18)28-3/h4-9,11,16H,10H2,1-3H3,(H,25,27). The molecule has 1 aromatic heterocycles. The molecule has 0 fully saturated rings. The van der Waals surface area contributed by atoms with Crippen LogP contribution in [0.2, 0.25) is 5.15 Å². The van der Waals surface area contributed by atoms with Crippen LogP contribution in [0.15, 0.2) is 42.5 Å². The van der Waals surface area contributed by atoms with Crippen LogP contribution in [0.3, 0.4) is 0 Å². The number of nitrogens with one attached hydrogen (secondary N) is 1. The number of anilines is 1. The number of aryl methyl sites for hydroxylation is 2. The number of fused-ring (bicyclic) bond motifs is 1. The first-order chi connectivity index (χ1) is 13.4. The summed E-state index contributed by atoms with van der Waals surface area (Å²) in [7, 11) is 1.53. The summed E-state index contributed by atoms with van der Waals surface area (Å²) in [5.41, 5.74) is 4.12. The van der Waals surface area contributed by atoms with Crippen molar-refractivity contribution < 1.29 is 9.53 Å². The van der Waals surface area contributed by atoms with Crippen LogP contribution in [0, 0.1) is 31.1 Å². The predicted molar refractivity (Wildman–Crippen MR) is 111 cm³/mol. The lowest BCUT2D eigenvalue weighted by molar-refractivity contribution is -0.118. The number of hydrogen-bond donors (Lipinski definition) is 1. The average Bonchev–Trinajstić information content (AvgIpc) is 2.70. The van der Waals surface area contributed by atoms with E-state index in [9.17, 15) is 10.1 Å². The number of carbonyl (C=O) groups is 1. The second kappa shape index (κ2) is 8.28. The Balaban J connectivity index is 1.88. The van der Waals surface area contributed by atoms with Gasteiger partial charge in [0.05, 0.1) is 24.4 Å². The summed E-state index contributed by atoms with van der Waals surface area (Å²) in [6.07, 6.45) is 0.173. The Bertz CT molecular complexity index is 1090. The Labute approximate surface area is 168 Å². The van der Waals surface area contributed by atoms with E-state index in [0.717, 1.165) is 22.0 Å². The van der Waals surface area contributed by atoms with E-state index in [-0.39, 0.29) is 6.42 Å². The van der Waals surface area contributed by atoms with Crippen LogP contribution >= 0.6 is 11.6 Å². The maximum Gasteiger partial charge on any atom is 0.242 e. The number of para-hydroxylation sites is 2.